The number of hydrogen-bond acceptors (Lipinski definition) is 19. The van der Waals surface area contributed by atoms with Crippen molar-refractivity contribution in [1.82, 2.24) is 112 Å². The van der Waals surface area contributed by atoms with Gasteiger partial charge in [0, 0.05) is 57.4 Å². The minimum atomic E-state index is -0.533. The Hall–Kier alpha value is -10.0. The molecule has 14 rings (SSSR count). The number of anilines is 3. The van der Waals surface area contributed by atoms with Gasteiger partial charge in [0.15, 0.2) is 45.2 Å². The SMILES string of the molecule is CC(C)(C)n1cc(F)c2c(=O)[nH]cnc21.CC(C)(C)n1ccc2c(=O)[nH]cnc21.CC(C)(C)n1cnc2c(Cl)ncnc21.CC(C)(C)n1cnc2c(N)nc(N)nc21.CC(C)(C)n1cnc2c(N)nccc21.CC(C)(C)n1cnc2cc(Cl)c(Cl)cc21.CC(C)(C)n1cnc2cncnc21. The van der Waals surface area contributed by atoms with Crippen LogP contribution in [0.4, 0.5) is 22.0 Å². The molecule has 0 bridgehead atoms. The van der Waals surface area contributed by atoms with Crippen LogP contribution in [0, 0.1) is 5.82 Å². The Morgan fingerprint density at radius 1 is 0.430 bits per heavy atom. The zero-order valence-corrected chi connectivity index (χ0v) is 62.5. The quantitative estimate of drug-likeness (QED) is 0.0880. The standard InChI is InChI=1S/C11H12Cl2N2.C10H12FN3O.C10H14N4.C10H13N3O.C9H11ClN4.C9H14N6.C9H12N4/c1-11(2,3)15-6-14-9-4-7(12)8(13)5-10(9)15;1-10(2,3)14-4-6(11)7-8(14)12-5-13-9(7)15;1-10(2,3)14-6-13-8-7(14)4-5-12-9(8)11;1-10(2,3)13-5-4-7-8(13)11-6-12-9(7)14;1-9(2,3)14-5-13-6-7(10)11-4-12-8(6)14;1-9(2,3)15-4-12-5-6(10)13-8(11)14-7(5)15;1-9(2,3)13-6-12-7-4-10-5-11-8(7)13/h4-6H,1-3H3;4-5H,1-3H3,(H,12,13,15);4-6H,1-3H3,(H2,11,12);4-6H,1-3H3,(H,11,12,14);4-5H,1-3H3;4H,1-3H3,(H4,10,11,13,14);4-6H,1-3H3. The summed E-state index contributed by atoms with van der Waals surface area (Å²) in [5.74, 6) is 0.450. The van der Waals surface area contributed by atoms with Crippen LogP contribution in [-0.2, 0) is 38.8 Å². The van der Waals surface area contributed by atoms with Gasteiger partial charge in [-0.3, -0.25) is 9.59 Å². The van der Waals surface area contributed by atoms with Gasteiger partial charge in [-0.1, -0.05) is 34.8 Å². The fourth-order valence-electron chi connectivity index (χ4n) is 10.1. The van der Waals surface area contributed by atoms with Crippen molar-refractivity contribution in [2.75, 3.05) is 17.2 Å². The molecule has 530 valence electrons. The van der Waals surface area contributed by atoms with E-state index in [2.05, 4.69) is 214 Å². The number of halogens is 4. The number of aromatic nitrogens is 23. The van der Waals surface area contributed by atoms with E-state index in [0.29, 0.717) is 54.5 Å². The highest BCUT2D eigenvalue weighted by atomic mass is 35.5. The molecular formula is C68H88Cl3FN26O2. The van der Waals surface area contributed by atoms with Crippen LogP contribution in [0.15, 0.2) is 116 Å². The lowest BCUT2D eigenvalue weighted by molar-refractivity contribution is 0.403. The molecule has 0 atom stereocenters. The first-order valence-corrected chi connectivity index (χ1v) is 32.9. The Kier molecular flexibility index (Phi) is 21.7. The summed E-state index contributed by atoms with van der Waals surface area (Å²) in [5, 5.41) is 2.17. The molecule has 0 aliphatic heterocycles. The van der Waals surface area contributed by atoms with E-state index < -0.39 is 11.4 Å². The van der Waals surface area contributed by atoms with Crippen molar-refractivity contribution in [2.24, 2.45) is 0 Å². The van der Waals surface area contributed by atoms with E-state index in [1.165, 1.54) is 25.2 Å². The fourth-order valence-corrected chi connectivity index (χ4v) is 10.6. The number of hydrogen-bond donors (Lipinski definition) is 5. The number of aromatic amines is 2. The Balaban J connectivity index is 0.000000148. The van der Waals surface area contributed by atoms with Crippen molar-refractivity contribution >= 4 is 130 Å². The first-order chi connectivity index (χ1) is 46.3. The maximum absolute atomic E-state index is 13.5. The second-order valence-electron chi connectivity index (χ2n) is 30.2. The van der Waals surface area contributed by atoms with Crippen LogP contribution in [-0.4, -0.2) is 112 Å². The van der Waals surface area contributed by atoms with Crippen molar-refractivity contribution < 1.29 is 4.39 Å². The lowest BCUT2D eigenvalue weighted by Crippen LogP contribution is -2.21. The molecule has 1 aromatic carbocycles. The first kappa shape index (κ1) is 75.8. The predicted molar refractivity (Wildman–Crippen MR) is 397 cm³/mol. The van der Waals surface area contributed by atoms with E-state index in [-0.39, 0.29) is 55.7 Å². The maximum Gasteiger partial charge on any atom is 0.263 e. The molecule has 0 amide bonds. The highest BCUT2D eigenvalue weighted by molar-refractivity contribution is 6.42. The van der Waals surface area contributed by atoms with Gasteiger partial charge >= 0.3 is 0 Å². The molecule has 13 aromatic heterocycles. The zero-order chi connectivity index (χ0) is 74.2. The number of benzene rings is 1. The van der Waals surface area contributed by atoms with Gasteiger partial charge in [-0.2, -0.15) is 9.97 Å². The van der Waals surface area contributed by atoms with Gasteiger partial charge in [-0.15, -0.1) is 0 Å². The van der Waals surface area contributed by atoms with Gasteiger partial charge in [-0.05, 0) is 170 Å². The Morgan fingerprint density at radius 3 is 1.53 bits per heavy atom. The fraction of sp³-hybridized carbons (Fsp3) is 0.412. The Morgan fingerprint density at radius 2 is 0.920 bits per heavy atom. The van der Waals surface area contributed by atoms with Gasteiger partial charge in [0.05, 0.1) is 82.5 Å². The van der Waals surface area contributed by atoms with E-state index in [0.717, 1.165) is 44.5 Å². The van der Waals surface area contributed by atoms with Crippen molar-refractivity contribution in [1.29, 1.82) is 0 Å². The molecule has 0 fully saturated rings. The number of nitrogens with zero attached hydrogens (tertiary/aromatic N) is 21. The largest absolute Gasteiger partial charge is 0.382 e. The molecule has 100 heavy (non-hydrogen) atoms. The number of pyridine rings is 1. The third-order valence-electron chi connectivity index (χ3n) is 15.1. The summed E-state index contributed by atoms with van der Waals surface area (Å²) < 4.78 is 27.3. The zero-order valence-electron chi connectivity index (χ0n) is 60.3. The third kappa shape index (κ3) is 17.2. The van der Waals surface area contributed by atoms with Crippen LogP contribution in [0.1, 0.15) is 145 Å². The normalized spacial score (nSPS) is 12.2. The number of rotatable bonds is 0. The van der Waals surface area contributed by atoms with Crippen LogP contribution in [0.2, 0.25) is 15.2 Å². The monoisotopic (exact) mass is 1420 g/mol. The van der Waals surface area contributed by atoms with Gasteiger partial charge in [-0.25, -0.2) is 64.2 Å². The van der Waals surface area contributed by atoms with E-state index in [4.69, 9.17) is 52.0 Å². The minimum Gasteiger partial charge on any atom is -0.382 e. The average Bonchev–Trinajstić information content (AvgIpc) is 1.64. The molecule has 0 unspecified atom stereocenters. The summed E-state index contributed by atoms with van der Waals surface area (Å²) >= 11 is 17.8. The molecule has 8 N–H and O–H groups in total. The number of nitrogens with two attached hydrogens (primary N) is 3. The average molecular weight is 1430 g/mol. The number of fused-ring (bicyclic) bond motifs is 7. The Labute approximate surface area is 592 Å². The van der Waals surface area contributed by atoms with Crippen LogP contribution in [0.25, 0.3) is 77.6 Å². The predicted octanol–water partition coefficient (Wildman–Crippen LogP) is 13.5. The van der Waals surface area contributed by atoms with Crippen molar-refractivity contribution in [3.63, 3.8) is 0 Å². The minimum absolute atomic E-state index is 0.00803. The number of H-pyrrole nitrogens is 2. The second-order valence-corrected chi connectivity index (χ2v) is 31.4. The summed E-state index contributed by atoms with van der Waals surface area (Å²) in [4.78, 5) is 85.2. The van der Waals surface area contributed by atoms with Gasteiger partial charge in [0.2, 0.25) is 5.95 Å². The molecule has 32 heteroatoms. The molecule has 0 saturated carbocycles. The van der Waals surface area contributed by atoms with Crippen LogP contribution >= 0.6 is 34.8 Å². The van der Waals surface area contributed by atoms with E-state index in [1.807, 2.05) is 70.0 Å². The summed E-state index contributed by atoms with van der Waals surface area (Å²) in [6, 6.07) is 7.38. The summed E-state index contributed by atoms with van der Waals surface area (Å²) in [5.41, 5.74) is 25.2. The lowest BCUT2D eigenvalue weighted by atomic mass is 10.1. The highest BCUT2D eigenvalue weighted by Crippen LogP contribution is 2.32. The molecule has 13 heterocycles. The number of nitrogen functional groups attached to an aromatic ring is 3. The summed E-state index contributed by atoms with van der Waals surface area (Å²) in [7, 11) is 0. The van der Waals surface area contributed by atoms with Crippen LogP contribution in [0.3, 0.4) is 0 Å². The highest BCUT2D eigenvalue weighted by Gasteiger charge is 2.25. The lowest BCUT2D eigenvalue weighted by Gasteiger charge is -2.21. The number of imidazole rings is 5. The molecule has 0 radical (unpaired) electrons. The van der Waals surface area contributed by atoms with Gasteiger partial charge < -0.3 is 59.1 Å². The molecular weight excluding hydrogens is 1340 g/mol. The molecule has 0 aliphatic carbocycles. The summed E-state index contributed by atoms with van der Waals surface area (Å²) in [6.07, 6.45) is 21.2. The van der Waals surface area contributed by atoms with Crippen LogP contribution in [0.5, 0.6) is 0 Å². The van der Waals surface area contributed by atoms with Gasteiger partial charge in [0.25, 0.3) is 11.1 Å². The van der Waals surface area contributed by atoms with Gasteiger partial charge in [0.1, 0.15) is 45.8 Å². The molecule has 0 saturated heterocycles. The molecule has 0 aliphatic rings. The van der Waals surface area contributed by atoms with Crippen molar-refractivity contribution in [2.45, 2.75) is 184 Å². The first-order valence-electron chi connectivity index (χ1n) is 31.7. The van der Waals surface area contributed by atoms with Crippen molar-refractivity contribution in [3.05, 3.63) is 148 Å². The third-order valence-corrected chi connectivity index (χ3v) is 16.1. The molecule has 14 aromatic rings. The second kappa shape index (κ2) is 28.7. The molecule has 0 spiro atoms. The smallest absolute Gasteiger partial charge is 0.263 e. The maximum atomic E-state index is 13.5. The molecule has 28 nitrogen and oxygen atoms in total. The van der Waals surface area contributed by atoms with Crippen LogP contribution < -0.4 is 28.3 Å². The van der Waals surface area contributed by atoms with Crippen molar-refractivity contribution in [3.8, 4) is 0 Å². The van der Waals surface area contributed by atoms with E-state index in [9.17, 15) is 14.0 Å². The van der Waals surface area contributed by atoms with E-state index in [1.54, 1.807) is 54.4 Å². The Bertz CT molecular complexity index is 5220. The topological polar surface area (TPSA) is 359 Å². The summed E-state index contributed by atoms with van der Waals surface area (Å²) in [6.45, 7) is 43.6. The van der Waals surface area contributed by atoms with E-state index >= 15 is 0 Å². The number of nitrogens with one attached hydrogen (secondary N) is 2.